The van der Waals surface area contributed by atoms with Gasteiger partial charge in [0.1, 0.15) is 16.8 Å². The molecule has 2 aromatic rings. The number of aryl methyl sites for hydroxylation is 2. The number of para-hydroxylation sites is 2. The zero-order chi connectivity index (χ0) is 16.8. The first-order chi connectivity index (χ1) is 11.0. The third-order valence-electron chi connectivity index (χ3n) is 3.14. The SMILES string of the molecule is COc1ccccc1NC(=O)CSc1nc(C)cc(C)c1C#N. The molecule has 2 rings (SSSR count). The molecular weight excluding hydrogens is 310 g/mol. The quantitative estimate of drug-likeness (QED) is 0.853. The molecule has 1 heterocycles. The second-order valence-electron chi connectivity index (χ2n) is 4.91. The van der Waals surface area contributed by atoms with Crippen LogP contribution in [0.25, 0.3) is 0 Å². The molecule has 0 saturated heterocycles. The Kier molecular flexibility index (Phi) is 5.61. The first kappa shape index (κ1) is 16.8. The van der Waals surface area contributed by atoms with Crippen LogP contribution in [-0.4, -0.2) is 23.8 Å². The molecule has 0 fully saturated rings. The Morgan fingerprint density at radius 3 is 2.83 bits per heavy atom. The molecule has 0 saturated carbocycles. The Balaban J connectivity index is 2.07. The monoisotopic (exact) mass is 327 g/mol. The lowest BCUT2D eigenvalue weighted by Gasteiger charge is -2.10. The molecule has 1 aromatic heterocycles. The molecule has 1 aromatic carbocycles. The molecule has 23 heavy (non-hydrogen) atoms. The van der Waals surface area contributed by atoms with Crippen molar-refractivity contribution < 1.29 is 9.53 Å². The van der Waals surface area contributed by atoms with Crippen LogP contribution in [-0.2, 0) is 4.79 Å². The third-order valence-corrected chi connectivity index (χ3v) is 4.12. The smallest absolute Gasteiger partial charge is 0.234 e. The number of nitrogens with zero attached hydrogens (tertiary/aromatic N) is 2. The van der Waals surface area contributed by atoms with Crippen LogP contribution < -0.4 is 10.1 Å². The molecule has 0 aliphatic carbocycles. The van der Waals surface area contributed by atoms with Crippen molar-refractivity contribution >= 4 is 23.4 Å². The van der Waals surface area contributed by atoms with E-state index < -0.39 is 0 Å². The molecule has 0 unspecified atom stereocenters. The second-order valence-corrected chi connectivity index (χ2v) is 5.87. The van der Waals surface area contributed by atoms with E-state index in [1.807, 2.05) is 32.0 Å². The highest BCUT2D eigenvalue weighted by Crippen LogP contribution is 2.26. The summed E-state index contributed by atoms with van der Waals surface area (Å²) in [5.41, 5.74) is 2.84. The molecule has 0 bridgehead atoms. The number of pyridine rings is 1. The Morgan fingerprint density at radius 1 is 1.39 bits per heavy atom. The van der Waals surface area contributed by atoms with Gasteiger partial charge in [-0.25, -0.2) is 4.98 Å². The van der Waals surface area contributed by atoms with E-state index in [9.17, 15) is 10.1 Å². The van der Waals surface area contributed by atoms with Gasteiger partial charge in [0.05, 0.1) is 24.1 Å². The Morgan fingerprint density at radius 2 is 2.13 bits per heavy atom. The van der Waals surface area contributed by atoms with Crippen LogP contribution in [0.4, 0.5) is 5.69 Å². The van der Waals surface area contributed by atoms with Crippen LogP contribution in [0.1, 0.15) is 16.8 Å². The summed E-state index contributed by atoms with van der Waals surface area (Å²) in [7, 11) is 1.55. The van der Waals surface area contributed by atoms with Gasteiger partial charge in [0.2, 0.25) is 5.91 Å². The van der Waals surface area contributed by atoms with Gasteiger partial charge in [-0.3, -0.25) is 4.79 Å². The van der Waals surface area contributed by atoms with Crippen LogP contribution in [0.15, 0.2) is 35.4 Å². The molecule has 118 valence electrons. The summed E-state index contributed by atoms with van der Waals surface area (Å²) in [4.78, 5) is 16.5. The van der Waals surface area contributed by atoms with Crippen molar-refractivity contribution in [3.8, 4) is 11.8 Å². The fourth-order valence-corrected chi connectivity index (χ4v) is 3.01. The summed E-state index contributed by atoms with van der Waals surface area (Å²) >= 11 is 1.25. The largest absolute Gasteiger partial charge is 0.495 e. The van der Waals surface area contributed by atoms with Gasteiger partial charge in [-0.05, 0) is 37.6 Å². The summed E-state index contributed by atoms with van der Waals surface area (Å²) in [6.07, 6.45) is 0. The number of hydrogen-bond donors (Lipinski definition) is 1. The van der Waals surface area contributed by atoms with Crippen molar-refractivity contribution in [3.63, 3.8) is 0 Å². The molecule has 1 N–H and O–H groups in total. The van der Waals surface area contributed by atoms with E-state index in [0.29, 0.717) is 22.0 Å². The predicted molar refractivity (Wildman–Crippen MR) is 90.8 cm³/mol. The number of benzene rings is 1. The first-order valence-corrected chi connectivity index (χ1v) is 7.97. The summed E-state index contributed by atoms with van der Waals surface area (Å²) in [5, 5.41) is 12.6. The third kappa shape index (κ3) is 4.24. The van der Waals surface area contributed by atoms with E-state index in [-0.39, 0.29) is 11.7 Å². The number of nitriles is 1. The average Bonchev–Trinajstić information content (AvgIpc) is 2.53. The highest BCUT2D eigenvalue weighted by Gasteiger charge is 2.12. The van der Waals surface area contributed by atoms with E-state index in [1.165, 1.54) is 11.8 Å². The number of amides is 1. The van der Waals surface area contributed by atoms with Crippen LogP contribution in [0.5, 0.6) is 5.75 Å². The van der Waals surface area contributed by atoms with Gasteiger partial charge in [0.15, 0.2) is 0 Å². The van der Waals surface area contributed by atoms with E-state index in [4.69, 9.17) is 4.74 Å². The lowest BCUT2D eigenvalue weighted by molar-refractivity contribution is -0.113. The summed E-state index contributed by atoms with van der Waals surface area (Å²) in [6.45, 7) is 3.74. The van der Waals surface area contributed by atoms with Gasteiger partial charge in [-0.2, -0.15) is 5.26 Å². The van der Waals surface area contributed by atoms with Crippen molar-refractivity contribution in [1.29, 1.82) is 5.26 Å². The maximum atomic E-state index is 12.1. The van der Waals surface area contributed by atoms with Crippen molar-refractivity contribution in [1.82, 2.24) is 4.98 Å². The average molecular weight is 327 g/mol. The van der Waals surface area contributed by atoms with Crippen LogP contribution in [0, 0.1) is 25.2 Å². The fraction of sp³-hybridized carbons (Fsp3) is 0.235. The standard InChI is InChI=1S/C17H17N3O2S/c1-11-8-12(2)19-17(13(11)9-18)23-10-16(21)20-14-6-4-5-7-15(14)22-3/h4-8H,10H2,1-3H3,(H,20,21). The summed E-state index contributed by atoms with van der Waals surface area (Å²) < 4.78 is 5.20. The maximum absolute atomic E-state index is 12.1. The number of nitrogens with one attached hydrogen (secondary N) is 1. The number of hydrogen-bond acceptors (Lipinski definition) is 5. The number of thioether (sulfide) groups is 1. The van der Waals surface area contributed by atoms with Crippen LogP contribution >= 0.6 is 11.8 Å². The minimum absolute atomic E-state index is 0.169. The molecule has 0 aliphatic heterocycles. The normalized spacial score (nSPS) is 10.0. The molecule has 0 radical (unpaired) electrons. The summed E-state index contributed by atoms with van der Waals surface area (Å²) in [6, 6.07) is 11.2. The number of rotatable bonds is 5. The van der Waals surface area contributed by atoms with Gasteiger partial charge < -0.3 is 10.1 Å². The van der Waals surface area contributed by atoms with Crippen molar-refractivity contribution in [2.45, 2.75) is 18.9 Å². The number of carbonyl (C=O) groups is 1. The Hall–Kier alpha value is -2.52. The fourth-order valence-electron chi connectivity index (χ4n) is 2.11. The van der Waals surface area contributed by atoms with Crippen LogP contribution in [0.3, 0.4) is 0 Å². The second kappa shape index (κ2) is 7.65. The molecular formula is C17H17N3O2S. The van der Waals surface area contributed by atoms with E-state index in [0.717, 1.165) is 11.3 Å². The zero-order valence-corrected chi connectivity index (χ0v) is 14.0. The molecule has 1 amide bonds. The highest BCUT2D eigenvalue weighted by molar-refractivity contribution is 8.00. The van der Waals surface area contributed by atoms with Crippen molar-refractivity contribution in [2.24, 2.45) is 0 Å². The number of carbonyl (C=O) groups excluding carboxylic acids is 1. The van der Waals surface area contributed by atoms with Gasteiger partial charge in [0, 0.05) is 5.69 Å². The molecule has 5 nitrogen and oxygen atoms in total. The minimum Gasteiger partial charge on any atom is -0.495 e. The maximum Gasteiger partial charge on any atom is 0.234 e. The van der Waals surface area contributed by atoms with Crippen LogP contribution in [0.2, 0.25) is 0 Å². The lowest BCUT2D eigenvalue weighted by Crippen LogP contribution is -2.15. The number of ether oxygens (including phenoxy) is 1. The number of methoxy groups -OCH3 is 1. The predicted octanol–water partition coefficient (Wildman–Crippen LogP) is 3.31. The highest BCUT2D eigenvalue weighted by atomic mass is 32.2. The van der Waals surface area contributed by atoms with E-state index in [1.54, 1.807) is 19.2 Å². The topological polar surface area (TPSA) is 75.0 Å². The summed E-state index contributed by atoms with van der Waals surface area (Å²) in [5.74, 6) is 0.597. The first-order valence-electron chi connectivity index (χ1n) is 6.99. The lowest BCUT2D eigenvalue weighted by atomic mass is 10.1. The minimum atomic E-state index is -0.177. The van der Waals surface area contributed by atoms with Crippen molar-refractivity contribution in [3.05, 3.63) is 47.2 Å². The van der Waals surface area contributed by atoms with E-state index >= 15 is 0 Å². The molecule has 6 heteroatoms. The van der Waals surface area contributed by atoms with Gasteiger partial charge >= 0.3 is 0 Å². The zero-order valence-electron chi connectivity index (χ0n) is 13.2. The molecule has 0 spiro atoms. The number of anilines is 1. The Labute approximate surface area is 139 Å². The molecule has 0 aliphatic rings. The van der Waals surface area contributed by atoms with Gasteiger partial charge in [-0.1, -0.05) is 23.9 Å². The molecule has 0 atom stereocenters. The number of aromatic nitrogens is 1. The Bertz CT molecular complexity index is 769. The van der Waals surface area contributed by atoms with Gasteiger partial charge in [0.25, 0.3) is 0 Å². The van der Waals surface area contributed by atoms with Gasteiger partial charge in [-0.15, -0.1) is 0 Å². The van der Waals surface area contributed by atoms with E-state index in [2.05, 4.69) is 16.4 Å². The van der Waals surface area contributed by atoms with Crippen molar-refractivity contribution in [2.75, 3.05) is 18.2 Å².